The molecule has 0 aliphatic heterocycles. The van der Waals surface area contributed by atoms with Gasteiger partial charge in [0.15, 0.2) is 17.5 Å². The van der Waals surface area contributed by atoms with Crippen LogP contribution in [-0.2, 0) is 5.41 Å². The third-order valence-electron chi connectivity index (χ3n) is 11.8. The van der Waals surface area contributed by atoms with Crippen LogP contribution in [0.3, 0.4) is 0 Å². The second-order valence-corrected chi connectivity index (χ2v) is 14.9. The molecule has 1 unspecified atom stereocenters. The van der Waals surface area contributed by atoms with Crippen LogP contribution < -0.4 is 0 Å². The van der Waals surface area contributed by atoms with Crippen molar-refractivity contribution < 1.29 is 8.83 Å². The van der Waals surface area contributed by atoms with Crippen LogP contribution in [0.15, 0.2) is 179 Å². The van der Waals surface area contributed by atoms with Gasteiger partial charge in [-0.15, -0.1) is 0 Å². The Hall–Kier alpha value is -7.37. The topological polar surface area (TPSA) is 65.0 Å². The van der Waals surface area contributed by atoms with Crippen LogP contribution in [0.25, 0.3) is 99.9 Å². The molecule has 11 aromatic rings. The molecule has 0 saturated carbocycles. The van der Waals surface area contributed by atoms with E-state index in [9.17, 15) is 0 Å². The number of furan rings is 2. The van der Waals surface area contributed by atoms with E-state index in [-0.39, 0.29) is 0 Å². The van der Waals surface area contributed by atoms with Crippen molar-refractivity contribution in [2.75, 3.05) is 0 Å². The van der Waals surface area contributed by atoms with Crippen molar-refractivity contribution in [3.63, 3.8) is 0 Å². The Morgan fingerprint density at radius 3 is 1.93 bits per heavy atom. The molecule has 0 spiro atoms. The molecule has 0 N–H and O–H groups in total. The first-order valence-electron chi connectivity index (χ1n) is 18.9. The Balaban J connectivity index is 1.11. The normalized spacial score (nSPS) is 14.9. The van der Waals surface area contributed by atoms with Gasteiger partial charge in [0.2, 0.25) is 0 Å². The highest BCUT2D eigenvalue weighted by atomic mass is 16.3. The first kappa shape index (κ1) is 31.0. The molecule has 3 heterocycles. The molecule has 5 heteroatoms. The number of hydrogen-bond acceptors (Lipinski definition) is 5. The summed E-state index contributed by atoms with van der Waals surface area (Å²) in [5.74, 6) is 1.76. The predicted octanol–water partition coefficient (Wildman–Crippen LogP) is 13.2. The van der Waals surface area contributed by atoms with Gasteiger partial charge in [0.25, 0.3) is 0 Å². The van der Waals surface area contributed by atoms with E-state index in [4.69, 9.17) is 23.8 Å². The smallest absolute Gasteiger partial charge is 0.167 e. The van der Waals surface area contributed by atoms with E-state index in [0.29, 0.717) is 17.5 Å². The summed E-state index contributed by atoms with van der Waals surface area (Å²) in [5, 5.41) is 6.65. The SMILES string of the molecule is CC1(c2ccccc2)c2ccc(-c3nc(-c4ccc5ccccc5c4)nc(-c4cccc5c4oc4ccccc45)n3)cc2-c2ccc3oc4ccccc4c3c21. The lowest BCUT2D eigenvalue weighted by Crippen LogP contribution is -2.22. The molecule has 1 aliphatic rings. The van der Waals surface area contributed by atoms with Crippen molar-refractivity contribution >= 4 is 54.6 Å². The van der Waals surface area contributed by atoms with Gasteiger partial charge in [-0.2, -0.15) is 0 Å². The third-order valence-corrected chi connectivity index (χ3v) is 11.8. The Bertz CT molecular complexity index is 3400. The summed E-state index contributed by atoms with van der Waals surface area (Å²) in [5.41, 5.74) is 11.6. The number of para-hydroxylation sites is 3. The van der Waals surface area contributed by atoms with Crippen LogP contribution in [0.5, 0.6) is 0 Å². The molecule has 0 saturated heterocycles. The van der Waals surface area contributed by atoms with Crippen LogP contribution in [0.2, 0.25) is 0 Å². The monoisotopic (exact) mass is 717 g/mol. The van der Waals surface area contributed by atoms with Crippen LogP contribution in [0, 0.1) is 0 Å². The molecule has 5 nitrogen and oxygen atoms in total. The Morgan fingerprint density at radius 2 is 1.09 bits per heavy atom. The quantitative estimate of drug-likeness (QED) is 0.181. The van der Waals surface area contributed by atoms with Crippen molar-refractivity contribution in [1.29, 1.82) is 0 Å². The van der Waals surface area contributed by atoms with Crippen molar-refractivity contribution in [2.45, 2.75) is 12.3 Å². The highest BCUT2D eigenvalue weighted by Crippen LogP contribution is 2.56. The lowest BCUT2D eigenvalue weighted by Gasteiger charge is -2.29. The molecule has 0 bridgehead atoms. The van der Waals surface area contributed by atoms with Gasteiger partial charge in [0.1, 0.15) is 22.3 Å². The Morgan fingerprint density at radius 1 is 0.429 bits per heavy atom. The standard InChI is InChI=1S/C51H31N3O2/c1-51(34-14-3-2-4-15-34)41-26-24-33(29-40(41)36-25-27-44-45(46(36)51)38-17-8-10-21-43(38)55-44)49-52-48(32-23-22-30-12-5-6-13-31(30)28-32)53-50(54-49)39-19-11-18-37-35-16-7-9-20-42(35)56-47(37)39/h2-29H,1H3. The summed E-state index contributed by atoms with van der Waals surface area (Å²) in [6.07, 6.45) is 0. The fourth-order valence-corrected chi connectivity index (χ4v) is 9.11. The molecule has 1 aliphatic carbocycles. The summed E-state index contributed by atoms with van der Waals surface area (Å²) in [6, 6.07) is 59.3. The largest absolute Gasteiger partial charge is 0.456 e. The zero-order valence-corrected chi connectivity index (χ0v) is 30.3. The Kier molecular flexibility index (Phi) is 6.41. The fourth-order valence-electron chi connectivity index (χ4n) is 9.11. The van der Waals surface area contributed by atoms with Crippen LogP contribution in [0.1, 0.15) is 23.6 Å². The minimum absolute atomic E-state index is 0.436. The van der Waals surface area contributed by atoms with Crippen LogP contribution >= 0.6 is 0 Å². The predicted molar refractivity (Wildman–Crippen MR) is 226 cm³/mol. The lowest BCUT2D eigenvalue weighted by molar-refractivity contribution is 0.667. The van der Waals surface area contributed by atoms with Gasteiger partial charge in [0, 0.05) is 38.1 Å². The second kappa shape index (κ2) is 11.6. The maximum absolute atomic E-state index is 6.50. The number of aromatic nitrogens is 3. The van der Waals surface area contributed by atoms with Gasteiger partial charge >= 0.3 is 0 Å². The zero-order valence-electron chi connectivity index (χ0n) is 30.3. The number of hydrogen-bond donors (Lipinski definition) is 0. The van der Waals surface area contributed by atoms with Crippen LogP contribution in [0.4, 0.5) is 0 Å². The summed E-state index contributed by atoms with van der Waals surface area (Å²) in [6.45, 7) is 2.35. The summed E-state index contributed by atoms with van der Waals surface area (Å²) < 4.78 is 13.0. The molecule has 8 aromatic carbocycles. The summed E-state index contributed by atoms with van der Waals surface area (Å²) in [7, 11) is 0. The molecule has 56 heavy (non-hydrogen) atoms. The maximum Gasteiger partial charge on any atom is 0.167 e. The van der Waals surface area contributed by atoms with Gasteiger partial charge in [-0.1, -0.05) is 133 Å². The molecular weight excluding hydrogens is 687 g/mol. The van der Waals surface area contributed by atoms with Crippen molar-refractivity contribution in [3.05, 3.63) is 187 Å². The van der Waals surface area contributed by atoms with Gasteiger partial charge in [0.05, 0.1) is 5.56 Å². The van der Waals surface area contributed by atoms with Gasteiger partial charge in [-0.05, 0) is 81.9 Å². The Labute approximate surface area is 321 Å². The summed E-state index contributed by atoms with van der Waals surface area (Å²) in [4.78, 5) is 15.6. The van der Waals surface area contributed by atoms with Gasteiger partial charge in [-0.25, -0.2) is 15.0 Å². The average molecular weight is 718 g/mol. The molecule has 262 valence electrons. The molecule has 0 amide bonds. The molecule has 12 rings (SSSR count). The number of nitrogens with zero attached hydrogens (tertiary/aromatic N) is 3. The number of benzene rings is 8. The van der Waals surface area contributed by atoms with Gasteiger partial charge < -0.3 is 8.83 Å². The lowest BCUT2D eigenvalue weighted by atomic mass is 9.73. The molecular formula is C51H31N3O2. The zero-order chi connectivity index (χ0) is 37.0. The van der Waals surface area contributed by atoms with E-state index in [0.717, 1.165) is 76.9 Å². The van der Waals surface area contributed by atoms with E-state index < -0.39 is 5.41 Å². The first-order valence-corrected chi connectivity index (χ1v) is 18.9. The van der Waals surface area contributed by atoms with E-state index >= 15 is 0 Å². The van der Waals surface area contributed by atoms with Crippen molar-refractivity contribution in [3.8, 4) is 45.3 Å². The van der Waals surface area contributed by atoms with Crippen molar-refractivity contribution in [1.82, 2.24) is 15.0 Å². The molecule has 3 aromatic heterocycles. The van der Waals surface area contributed by atoms with Gasteiger partial charge in [-0.3, -0.25) is 0 Å². The number of rotatable bonds is 4. The molecule has 0 fully saturated rings. The summed E-state index contributed by atoms with van der Waals surface area (Å²) >= 11 is 0. The second-order valence-electron chi connectivity index (χ2n) is 14.9. The minimum atomic E-state index is -0.436. The average Bonchev–Trinajstić information content (AvgIpc) is 3.92. The maximum atomic E-state index is 6.50. The molecule has 0 radical (unpaired) electrons. The fraction of sp³-hybridized carbons (Fsp3) is 0.0392. The highest BCUT2D eigenvalue weighted by Gasteiger charge is 2.43. The first-order chi connectivity index (χ1) is 27.6. The van der Waals surface area contributed by atoms with Crippen molar-refractivity contribution in [2.24, 2.45) is 0 Å². The molecule has 1 atom stereocenters. The minimum Gasteiger partial charge on any atom is -0.456 e. The highest BCUT2D eigenvalue weighted by molar-refractivity contribution is 6.12. The van der Waals surface area contributed by atoms with E-state index in [1.165, 1.54) is 22.3 Å². The third kappa shape index (κ3) is 4.39. The van der Waals surface area contributed by atoms with E-state index in [2.05, 4.69) is 146 Å². The van der Waals surface area contributed by atoms with E-state index in [1.807, 2.05) is 30.3 Å². The number of fused-ring (bicyclic) bond motifs is 11. The van der Waals surface area contributed by atoms with E-state index in [1.54, 1.807) is 0 Å². The van der Waals surface area contributed by atoms with Crippen LogP contribution in [-0.4, -0.2) is 15.0 Å².